The Hall–Kier alpha value is -2.62. The van der Waals surface area contributed by atoms with Crippen molar-refractivity contribution in [3.8, 4) is 23.1 Å². The minimum Gasteiger partial charge on any atom is -0.497 e. The van der Waals surface area contributed by atoms with Crippen molar-refractivity contribution in [2.45, 2.75) is 6.92 Å². The number of hydrogen-bond acceptors (Lipinski definition) is 5. The van der Waals surface area contributed by atoms with Crippen LogP contribution in [-0.4, -0.2) is 12.1 Å². The minimum absolute atomic E-state index is 0.488. The first-order valence-corrected chi connectivity index (χ1v) is 9.51. The number of allylic oxidation sites excluding steroid dienone is 1. The van der Waals surface area contributed by atoms with Gasteiger partial charge in [0, 0.05) is 21.6 Å². The van der Waals surface area contributed by atoms with Crippen molar-refractivity contribution in [1.29, 1.82) is 5.26 Å². The van der Waals surface area contributed by atoms with Crippen LogP contribution in [0.2, 0.25) is 0 Å². The molecule has 130 valence electrons. The highest BCUT2D eigenvalue weighted by atomic mass is 79.9. The SMILES string of the molecule is COc1ccc(-c2csc(C(C#N)=CNc3ccc(C)cc3Br)n2)cc1. The van der Waals surface area contributed by atoms with Gasteiger partial charge in [0.05, 0.1) is 18.5 Å². The highest BCUT2D eigenvalue weighted by Crippen LogP contribution is 2.28. The molecule has 4 nitrogen and oxygen atoms in total. The fraction of sp³-hybridized carbons (Fsp3) is 0.100. The number of benzene rings is 2. The van der Waals surface area contributed by atoms with Crippen LogP contribution in [0.5, 0.6) is 5.75 Å². The van der Waals surface area contributed by atoms with E-state index in [4.69, 9.17) is 4.74 Å². The summed E-state index contributed by atoms with van der Waals surface area (Å²) < 4.78 is 6.12. The van der Waals surface area contributed by atoms with Crippen LogP contribution in [0.4, 0.5) is 5.69 Å². The van der Waals surface area contributed by atoms with Crippen LogP contribution in [0.1, 0.15) is 10.6 Å². The summed E-state index contributed by atoms with van der Waals surface area (Å²) in [4.78, 5) is 4.59. The fourth-order valence-corrected chi connectivity index (χ4v) is 3.72. The molecule has 6 heteroatoms. The van der Waals surface area contributed by atoms with E-state index in [-0.39, 0.29) is 0 Å². The van der Waals surface area contributed by atoms with Crippen LogP contribution in [0.3, 0.4) is 0 Å². The maximum atomic E-state index is 9.50. The van der Waals surface area contributed by atoms with E-state index in [0.29, 0.717) is 10.6 Å². The number of halogens is 1. The van der Waals surface area contributed by atoms with Crippen LogP contribution in [0, 0.1) is 18.3 Å². The summed E-state index contributed by atoms with van der Waals surface area (Å²) in [5, 5.41) is 15.3. The van der Waals surface area contributed by atoms with Gasteiger partial charge >= 0.3 is 0 Å². The molecule has 3 rings (SSSR count). The second kappa shape index (κ2) is 8.17. The number of thiazole rings is 1. The predicted molar refractivity (Wildman–Crippen MR) is 110 cm³/mol. The van der Waals surface area contributed by atoms with Gasteiger partial charge in [0.15, 0.2) is 0 Å². The molecule has 0 fully saturated rings. The molecule has 1 aromatic heterocycles. The normalized spacial score (nSPS) is 11.1. The molecule has 0 aliphatic heterocycles. The lowest BCUT2D eigenvalue weighted by Crippen LogP contribution is -1.92. The lowest BCUT2D eigenvalue weighted by atomic mass is 10.2. The first-order valence-electron chi connectivity index (χ1n) is 7.84. The van der Waals surface area contributed by atoms with E-state index >= 15 is 0 Å². The van der Waals surface area contributed by atoms with Crippen LogP contribution < -0.4 is 10.1 Å². The molecular weight excluding hydrogens is 410 g/mol. The number of rotatable bonds is 5. The maximum absolute atomic E-state index is 9.50. The molecule has 0 bridgehead atoms. The van der Waals surface area contributed by atoms with Gasteiger partial charge in [-0.05, 0) is 64.8 Å². The summed E-state index contributed by atoms with van der Waals surface area (Å²) in [5.74, 6) is 0.801. The Kier molecular flexibility index (Phi) is 5.71. The third-order valence-corrected chi connectivity index (χ3v) is 5.27. The number of aryl methyl sites for hydroxylation is 1. The van der Waals surface area contributed by atoms with Gasteiger partial charge in [0.1, 0.15) is 22.4 Å². The number of nitrogens with one attached hydrogen (secondary N) is 1. The third kappa shape index (κ3) is 4.13. The van der Waals surface area contributed by atoms with Gasteiger partial charge < -0.3 is 10.1 Å². The van der Waals surface area contributed by atoms with Gasteiger partial charge in [-0.15, -0.1) is 11.3 Å². The van der Waals surface area contributed by atoms with Crippen molar-refractivity contribution in [3.05, 3.63) is 69.1 Å². The Balaban J connectivity index is 1.82. The third-order valence-electron chi connectivity index (χ3n) is 3.74. The van der Waals surface area contributed by atoms with Crippen molar-refractivity contribution < 1.29 is 4.74 Å². The summed E-state index contributed by atoms with van der Waals surface area (Å²) in [5.41, 5.74) is 4.37. The zero-order valence-electron chi connectivity index (χ0n) is 14.3. The highest BCUT2D eigenvalue weighted by Gasteiger charge is 2.09. The molecule has 0 unspecified atom stereocenters. The molecule has 0 atom stereocenters. The molecule has 3 aromatic rings. The second-order valence-corrected chi connectivity index (χ2v) is 7.28. The Morgan fingerprint density at radius 2 is 2.04 bits per heavy atom. The highest BCUT2D eigenvalue weighted by molar-refractivity contribution is 9.10. The summed E-state index contributed by atoms with van der Waals surface area (Å²) in [6.07, 6.45) is 1.69. The van der Waals surface area contributed by atoms with E-state index in [1.807, 2.05) is 54.8 Å². The van der Waals surface area contributed by atoms with Crippen LogP contribution in [0.15, 0.2) is 58.5 Å². The Morgan fingerprint density at radius 3 is 2.69 bits per heavy atom. The van der Waals surface area contributed by atoms with Gasteiger partial charge in [0.2, 0.25) is 0 Å². The van der Waals surface area contributed by atoms with Crippen molar-refractivity contribution in [2.24, 2.45) is 0 Å². The Morgan fingerprint density at radius 1 is 1.27 bits per heavy atom. The van der Waals surface area contributed by atoms with Crippen molar-refractivity contribution >= 4 is 38.5 Å². The van der Waals surface area contributed by atoms with E-state index < -0.39 is 0 Å². The lowest BCUT2D eigenvalue weighted by molar-refractivity contribution is 0.415. The van der Waals surface area contributed by atoms with Gasteiger partial charge in [-0.1, -0.05) is 6.07 Å². The molecule has 0 saturated carbocycles. The van der Waals surface area contributed by atoms with Crippen molar-refractivity contribution in [3.63, 3.8) is 0 Å². The second-order valence-electron chi connectivity index (χ2n) is 5.56. The largest absolute Gasteiger partial charge is 0.497 e. The van der Waals surface area contributed by atoms with E-state index in [1.54, 1.807) is 13.3 Å². The monoisotopic (exact) mass is 425 g/mol. The molecule has 26 heavy (non-hydrogen) atoms. The predicted octanol–water partition coefficient (Wildman–Crippen LogP) is 5.87. The number of methoxy groups -OCH3 is 1. The zero-order chi connectivity index (χ0) is 18.5. The maximum Gasteiger partial charge on any atom is 0.136 e. The first kappa shape index (κ1) is 18.2. The number of ether oxygens (including phenoxy) is 1. The molecule has 1 N–H and O–H groups in total. The zero-order valence-corrected chi connectivity index (χ0v) is 16.7. The average Bonchev–Trinajstić information content (AvgIpc) is 3.14. The number of anilines is 1. The van der Waals surface area contributed by atoms with Crippen molar-refractivity contribution in [1.82, 2.24) is 4.98 Å². The van der Waals surface area contributed by atoms with Gasteiger partial charge in [-0.2, -0.15) is 5.26 Å². The first-order chi connectivity index (χ1) is 12.6. The minimum atomic E-state index is 0.488. The van der Waals surface area contributed by atoms with Crippen LogP contribution >= 0.6 is 27.3 Å². The summed E-state index contributed by atoms with van der Waals surface area (Å²) >= 11 is 4.97. The lowest BCUT2D eigenvalue weighted by Gasteiger charge is -2.05. The fourth-order valence-electron chi connectivity index (χ4n) is 2.32. The van der Waals surface area contributed by atoms with E-state index in [9.17, 15) is 5.26 Å². The summed E-state index contributed by atoms with van der Waals surface area (Å²) in [6.45, 7) is 2.03. The summed E-state index contributed by atoms with van der Waals surface area (Å²) in [6, 6.07) is 15.9. The molecule has 0 aliphatic carbocycles. The molecule has 0 saturated heterocycles. The van der Waals surface area contributed by atoms with Gasteiger partial charge in [-0.3, -0.25) is 0 Å². The molecule has 0 amide bonds. The Bertz CT molecular complexity index is 987. The van der Waals surface area contributed by atoms with Crippen LogP contribution in [0.25, 0.3) is 16.8 Å². The molecule has 1 heterocycles. The smallest absolute Gasteiger partial charge is 0.136 e. The standard InChI is InChI=1S/C20H16BrN3OS/c1-13-3-8-18(17(21)9-13)23-11-15(10-22)20-24-19(12-26-20)14-4-6-16(25-2)7-5-14/h3-9,11-12,23H,1-2H3. The number of aromatic nitrogens is 1. The van der Waals surface area contributed by atoms with Crippen LogP contribution in [-0.2, 0) is 0 Å². The molecule has 2 aromatic carbocycles. The van der Waals surface area contributed by atoms with Gasteiger partial charge in [0.25, 0.3) is 0 Å². The average molecular weight is 426 g/mol. The summed E-state index contributed by atoms with van der Waals surface area (Å²) in [7, 11) is 1.64. The molecule has 0 radical (unpaired) electrons. The Labute approximate surface area is 164 Å². The van der Waals surface area contributed by atoms with E-state index in [0.717, 1.165) is 32.7 Å². The quantitative estimate of drug-likeness (QED) is 0.519. The van der Waals surface area contributed by atoms with Gasteiger partial charge in [-0.25, -0.2) is 4.98 Å². The molecule has 0 aliphatic rings. The van der Waals surface area contributed by atoms with Crippen molar-refractivity contribution in [2.75, 3.05) is 12.4 Å². The molecule has 0 spiro atoms. The van der Waals surface area contributed by atoms with E-state index in [1.165, 1.54) is 11.3 Å². The topological polar surface area (TPSA) is 57.9 Å². The molecular formula is C20H16BrN3OS. The number of nitriles is 1. The number of nitrogens with zero attached hydrogens (tertiary/aromatic N) is 2. The van der Waals surface area contributed by atoms with E-state index in [2.05, 4.69) is 32.3 Å². The number of hydrogen-bond donors (Lipinski definition) is 1.